The Morgan fingerprint density at radius 3 is 2.35 bits per heavy atom. The van der Waals surface area contributed by atoms with Gasteiger partial charge in [-0.2, -0.15) is 0 Å². The maximum atomic E-state index is 2.57. The Bertz CT molecular complexity index is 669. The number of hydrogen-bond donors (Lipinski definition) is 0. The van der Waals surface area contributed by atoms with Crippen molar-refractivity contribution < 1.29 is 21.4 Å². The Labute approximate surface area is 130 Å². The number of benzene rings is 2. The zero-order valence-corrected chi connectivity index (χ0v) is 16.5. The standard InChI is InChI=1S/C17H17.2CH3.Hf/c1-3-12(2)16-9-8-15-10-13-6-4-5-7-14(13)11-17(15)16;;;/h4-12H,3H2,1-2H3;2*1H3;. The number of allylic oxidation sites excluding steroid dienone is 1. The van der Waals surface area contributed by atoms with Crippen LogP contribution in [-0.4, -0.2) is 0 Å². The Kier molecular flexibility index (Phi) is 3.75. The maximum absolute atomic E-state index is 2.57. The molecular formula is C19H23Hf. The first-order valence-electron chi connectivity index (χ1n) is 7.62. The molecule has 20 heavy (non-hydrogen) atoms. The Morgan fingerprint density at radius 2 is 1.75 bits per heavy atom. The average Bonchev–Trinajstić information content (AvgIpc) is 2.83. The van der Waals surface area contributed by atoms with Gasteiger partial charge in [-0.1, -0.05) is 0 Å². The summed E-state index contributed by atoms with van der Waals surface area (Å²) in [7, 11) is 0. The molecule has 1 aliphatic rings. The van der Waals surface area contributed by atoms with Crippen molar-refractivity contribution in [3.8, 4) is 0 Å². The molecule has 0 saturated carbocycles. The molecule has 1 heteroatoms. The molecule has 3 rings (SSSR count). The predicted octanol–water partition coefficient (Wildman–Crippen LogP) is 5.82. The summed E-state index contributed by atoms with van der Waals surface area (Å²) >= 11 is -1.62. The van der Waals surface area contributed by atoms with E-state index in [0.29, 0.717) is 3.17 Å². The third kappa shape index (κ3) is 1.97. The molecule has 0 aliphatic heterocycles. The molecule has 0 fully saturated rings. The topological polar surface area (TPSA) is 0 Å². The van der Waals surface area contributed by atoms with Crippen LogP contribution in [-0.2, 0) is 24.6 Å². The van der Waals surface area contributed by atoms with E-state index < -0.39 is 21.4 Å². The zero-order chi connectivity index (χ0) is 14.3. The van der Waals surface area contributed by atoms with Crippen molar-refractivity contribution in [1.29, 1.82) is 0 Å². The van der Waals surface area contributed by atoms with E-state index in [4.69, 9.17) is 0 Å². The molecule has 0 spiro atoms. The summed E-state index contributed by atoms with van der Waals surface area (Å²) in [6.45, 7) is 4.79. The number of rotatable bonds is 3. The van der Waals surface area contributed by atoms with Gasteiger partial charge in [-0.3, -0.25) is 0 Å². The molecule has 1 aliphatic carbocycles. The van der Waals surface area contributed by atoms with Crippen LogP contribution in [0.3, 0.4) is 0 Å². The Morgan fingerprint density at radius 1 is 1.10 bits per heavy atom. The molecule has 0 amide bonds. The van der Waals surface area contributed by atoms with Crippen LogP contribution < -0.4 is 0 Å². The van der Waals surface area contributed by atoms with Gasteiger partial charge in [0.15, 0.2) is 0 Å². The quantitative estimate of drug-likeness (QED) is 0.539. The van der Waals surface area contributed by atoms with Gasteiger partial charge in [-0.05, 0) is 0 Å². The molecule has 2 aromatic carbocycles. The molecule has 2 aromatic rings. The summed E-state index contributed by atoms with van der Waals surface area (Å²) in [5.41, 5.74) is 3.09. The second kappa shape index (κ2) is 5.26. The van der Waals surface area contributed by atoms with Crippen molar-refractivity contribution >= 4 is 16.8 Å². The zero-order valence-electron chi connectivity index (χ0n) is 12.9. The average molecular weight is 430 g/mol. The normalized spacial score (nSPS) is 22.0. The van der Waals surface area contributed by atoms with Crippen molar-refractivity contribution in [2.24, 2.45) is 5.92 Å². The van der Waals surface area contributed by atoms with Gasteiger partial charge in [0.2, 0.25) is 0 Å². The van der Waals surface area contributed by atoms with E-state index in [2.05, 4.69) is 71.8 Å². The van der Waals surface area contributed by atoms with E-state index >= 15 is 0 Å². The van der Waals surface area contributed by atoms with Gasteiger partial charge in [0, 0.05) is 0 Å². The molecule has 0 heterocycles. The SMILES string of the molecule is CCC(C)[C]1([Hf]([CH3])[CH3])C=Cc2cc3ccccc3cc21. The summed E-state index contributed by atoms with van der Waals surface area (Å²) < 4.78 is 5.57. The molecule has 103 valence electrons. The molecule has 0 aromatic heterocycles. The molecule has 0 nitrogen and oxygen atoms in total. The van der Waals surface area contributed by atoms with Crippen LogP contribution in [0.1, 0.15) is 31.4 Å². The van der Waals surface area contributed by atoms with Gasteiger partial charge < -0.3 is 0 Å². The first-order chi connectivity index (χ1) is 9.59. The number of hydrogen-bond acceptors (Lipinski definition) is 0. The molecule has 0 radical (unpaired) electrons. The molecule has 0 bridgehead atoms. The fourth-order valence-electron chi connectivity index (χ4n) is 3.75. The van der Waals surface area contributed by atoms with Crippen LogP contribution in [0.15, 0.2) is 42.5 Å². The van der Waals surface area contributed by atoms with Crippen LogP contribution in [0.4, 0.5) is 0 Å². The van der Waals surface area contributed by atoms with Crippen molar-refractivity contribution in [2.75, 3.05) is 0 Å². The molecule has 2 unspecified atom stereocenters. The fraction of sp³-hybridized carbons (Fsp3) is 0.368. The third-order valence-electron chi connectivity index (χ3n) is 5.11. The van der Waals surface area contributed by atoms with Gasteiger partial charge in [-0.15, -0.1) is 0 Å². The van der Waals surface area contributed by atoms with Gasteiger partial charge in [0.25, 0.3) is 0 Å². The van der Waals surface area contributed by atoms with Crippen molar-refractivity contribution in [1.82, 2.24) is 0 Å². The van der Waals surface area contributed by atoms with Crippen LogP contribution in [0.2, 0.25) is 9.36 Å². The van der Waals surface area contributed by atoms with E-state index in [9.17, 15) is 0 Å². The summed E-state index contributed by atoms with van der Waals surface area (Å²) in [4.78, 5) is 0. The van der Waals surface area contributed by atoms with E-state index in [0.717, 1.165) is 5.92 Å². The van der Waals surface area contributed by atoms with Crippen LogP contribution in [0.5, 0.6) is 0 Å². The van der Waals surface area contributed by atoms with E-state index in [-0.39, 0.29) is 0 Å². The minimum absolute atomic E-state index is 0.415. The fourth-order valence-corrected chi connectivity index (χ4v) is 12.2. The Balaban J connectivity index is 2.26. The van der Waals surface area contributed by atoms with Crippen LogP contribution >= 0.6 is 0 Å². The van der Waals surface area contributed by atoms with Crippen molar-refractivity contribution in [3.05, 3.63) is 53.6 Å². The molecular weight excluding hydrogens is 407 g/mol. The molecule has 2 atom stereocenters. The summed E-state index contributed by atoms with van der Waals surface area (Å²) in [6.07, 6.45) is 6.23. The van der Waals surface area contributed by atoms with Crippen LogP contribution in [0.25, 0.3) is 16.8 Å². The van der Waals surface area contributed by atoms with Gasteiger partial charge in [-0.25, -0.2) is 0 Å². The minimum atomic E-state index is -1.62. The van der Waals surface area contributed by atoms with Gasteiger partial charge in [0.05, 0.1) is 0 Å². The van der Waals surface area contributed by atoms with Crippen molar-refractivity contribution in [3.63, 3.8) is 0 Å². The summed E-state index contributed by atoms with van der Waals surface area (Å²) in [6, 6.07) is 13.6. The van der Waals surface area contributed by atoms with Crippen molar-refractivity contribution in [2.45, 2.75) is 32.8 Å². The molecule has 0 N–H and O–H groups in total. The van der Waals surface area contributed by atoms with Gasteiger partial charge in [0.1, 0.15) is 0 Å². The predicted molar refractivity (Wildman–Crippen MR) is 85.8 cm³/mol. The first-order valence-corrected chi connectivity index (χ1v) is 16.6. The monoisotopic (exact) mass is 431 g/mol. The Hall–Kier alpha value is -0.690. The summed E-state index contributed by atoms with van der Waals surface area (Å²) in [5.74, 6) is 0.762. The van der Waals surface area contributed by atoms with Gasteiger partial charge >= 0.3 is 131 Å². The first kappa shape index (κ1) is 14.3. The van der Waals surface area contributed by atoms with E-state index in [1.807, 2.05) is 0 Å². The third-order valence-corrected chi connectivity index (χ3v) is 14.4. The molecule has 0 saturated heterocycles. The second-order valence-electron chi connectivity index (χ2n) is 6.30. The summed E-state index contributed by atoms with van der Waals surface area (Å²) in [5, 5.41) is 2.77. The van der Waals surface area contributed by atoms with E-state index in [1.165, 1.54) is 22.8 Å². The van der Waals surface area contributed by atoms with E-state index in [1.54, 1.807) is 5.56 Å². The van der Waals surface area contributed by atoms with Crippen LogP contribution in [0, 0.1) is 5.92 Å². The second-order valence-corrected chi connectivity index (χ2v) is 16.5. The number of fused-ring (bicyclic) bond motifs is 2.